The van der Waals surface area contributed by atoms with Crippen LogP contribution < -0.4 is 11.1 Å². The number of nitrogens with zero attached hydrogens (tertiary/aromatic N) is 2. The standard InChI is InChI=1S/C23H24N4O3/c24-19-3-1-2-15-12-26(9-8-17(15)19)11-14-4-5-18-16(10-14)13-27(23(18)30)20-6-7-21(28)25-22(20)29/h1-5,10,20H,6-9,11-13,24H2,(H,25,28,29). The van der Waals surface area contributed by atoms with E-state index < -0.39 is 6.04 Å². The molecule has 3 heterocycles. The summed E-state index contributed by atoms with van der Waals surface area (Å²) in [6.07, 6.45) is 1.59. The van der Waals surface area contributed by atoms with Gasteiger partial charge in [0.25, 0.3) is 5.91 Å². The summed E-state index contributed by atoms with van der Waals surface area (Å²) >= 11 is 0. The molecule has 30 heavy (non-hydrogen) atoms. The fraction of sp³-hybridized carbons (Fsp3) is 0.348. The number of fused-ring (bicyclic) bond motifs is 2. The van der Waals surface area contributed by atoms with Crippen molar-refractivity contribution < 1.29 is 14.4 Å². The summed E-state index contributed by atoms with van der Waals surface area (Å²) in [7, 11) is 0. The summed E-state index contributed by atoms with van der Waals surface area (Å²) in [4.78, 5) is 40.4. The Kier molecular flexibility index (Phi) is 4.55. The van der Waals surface area contributed by atoms with Gasteiger partial charge in [-0.15, -0.1) is 0 Å². The van der Waals surface area contributed by atoms with E-state index in [4.69, 9.17) is 5.73 Å². The lowest BCUT2D eigenvalue weighted by Crippen LogP contribution is -2.52. The number of hydrogen-bond acceptors (Lipinski definition) is 5. The maximum absolute atomic E-state index is 12.8. The maximum Gasteiger partial charge on any atom is 0.255 e. The number of amides is 3. The molecule has 0 aliphatic carbocycles. The molecule has 5 rings (SSSR count). The van der Waals surface area contributed by atoms with Crippen LogP contribution in [-0.4, -0.2) is 40.1 Å². The molecule has 2 aromatic rings. The Morgan fingerprint density at radius 2 is 1.90 bits per heavy atom. The quantitative estimate of drug-likeness (QED) is 0.598. The summed E-state index contributed by atoms with van der Waals surface area (Å²) in [6.45, 7) is 3.01. The molecule has 0 aromatic heterocycles. The Hall–Kier alpha value is -3.19. The van der Waals surface area contributed by atoms with Crippen molar-refractivity contribution in [3.63, 3.8) is 0 Å². The van der Waals surface area contributed by atoms with Gasteiger partial charge in [-0.1, -0.05) is 24.3 Å². The van der Waals surface area contributed by atoms with E-state index in [0.717, 1.165) is 42.9 Å². The minimum Gasteiger partial charge on any atom is -0.398 e. The van der Waals surface area contributed by atoms with Crippen molar-refractivity contribution in [2.45, 2.75) is 44.9 Å². The first-order valence-electron chi connectivity index (χ1n) is 10.3. The Labute approximate surface area is 174 Å². The van der Waals surface area contributed by atoms with Crippen molar-refractivity contribution in [3.8, 4) is 0 Å². The van der Waals surface area contributed by atoms with E-state index in [2.05, 4.69) is 22.3 Å². The van der Waals surface area contributed by atoms with E-state index in [9.17, 15) is 14.4 Å². The number of anilines is 1. The molecule has 0 spiro atoms. The van der Waals surface area contributed by atoms with E-state index in [0.29, 0.717) is 18.5 Å². The molecular weight excluding hydrogens is 380 g/mol. The van der Waals surface area contributed by atoms with Crippen LogP contribution in [0.2, 0.25) is 0 Å². The molecule has 3 aliphatic heterocycles. The van der Waals surface area contributed by atoms with Gasteiger partial charge in [0.15, 0.2) is 0 Å². The lowest BCUT2D eigenvalue weighted by atomic mass is 9.97. The van der Waals surface area contributed by atoms with Crippen LogP contribution in [-0.2, 0) is 35.6 Å². The van der Waals surface area contributed by atoms with Crippen molar-refractivity contribution in [2.75, 3.05) is 12.3 Å². The van der Waals surface area contributed by atoms with Crippen molar-refractivity contribution in [1.29, 1.82) is 0 Å². The highest BCUT2D eigenvalue weighted by atomic mass is 16.2. The van der Waals surface area contributed by atoms with Gasteiger partial charge >= 0.3 is 0 Å². The molecule has 3 amide bonds. The average Bonchev–Trinajstić information content (AvgIpc) is 3.04. The molecule has 0 saturated carbocycles. The van der Waals surface area contributed by atoms with Crippen LogP contribution in [0.1, 0.15) is 45.5 Å². The largest absolute Gasteiger partial charge is 0.398 e. The van der Waals surface area contributed by atoms with Gasteiger partial charge in [0.2, 0.25) is 11.8 Å². The van der Waals surface area contributed by atoms with Crippen LogP contribution in [0, 0.1) is 0 Å². The third-order valence-corrected chi connectivity index (χ3v) is 6.38. The number of carbonyl (C=O) groups is 3. The lowest BCUT2D eigenvalue weighted by molar-refractivity contribution is -0.136. The fourth-order valence-electron chi connectivity index (χ4n) is 4.82. The SMILES string of the molecule is Nc1cccc2c1CCN(Cc1ccc3c(c1)CN(C1CCC(=O)NC1=O)C3=O)C2. The minimum atomic E-state index is -0.574. The fourth-order valence-corrected chi connectivity index (χ4v) is 4.82. The number of nitrogens with one attached hydrogen (secondary N) is 1. The van der Waals surface area contributed by atoms with Crippen molar-refractivity contribution in [1.82, 2.24) is 15.1 Å². The number of hydrogen-bond donors (Lipinski definition) is 2. The van der Waals surface area contributed by atoms with Crippen molar-refractivity contribution >= 4 is 23.4 Å². The van der Waals surface area contributed by atoms with E-state index in [-0.39, 0.29) is 24.1 Å². The summed E-state index contributed by atoms with van der Waals surface area (Å²) in [5.74, 6) is -0.778. The molecule has 1 saturated heterocycles. The normalized spacial score (nSPS) is 21.4. The van der Waals surface area contributed by atoms with Crippen molar-refractivity contribution in [2.24, 2.45) is 0 Å². The molecule has 0 radical (unpaired) electrons. The van der Waals surface area contributed by atoms with E-state index in [1.54, 1.807) is 4.90 Å². The Morgan fingerprint density at radius 1 is 1.03 bits per heavy atom. The van der Waals surface area contributed by atoms with Gasteiger partial charge in [-0.2, -0.15) is 0 Å². The molecule has 1 atom stereocenters. The zero-order valence-electron chi connectivity index (χ0n) is 16.7. The number of carbonyl (C=O) groups excluding carboxylic acids is 3. The van der Waals surface area contributed by atoms with Gasteiger partial charge in [0.05, 0.1) is 0 Å². The molecule has 2 aromatic carbocycles. The van der Waals surface area contributed by atoms with Crippen LogP contribution in [0.5, 0.6) is 0 Å². The number of nitrogen functional groups attached to an aromatic ring is 1. The second-order valence-corrected chi connectivity index (χ2v) is 8.34. The van der Waals surface area contributed by atoms with Gasteiger partial charge in [-0.3, -0.25) is 24.6 Å². The molecule has 3 aliphatic rings. The van der Waals surface area contributed by atoms with Crippen LogP contribution in [0.3, 0.4) is 0 Å². The van der Waals surface area contributed by atoms with Crippen LogP contribution in [0.25, 0.3) is 0 Å². The van der Waals surface area contributed by atoms with Gasteiger partial charge < -0.3 is 10.6 Å². The number of imide groups is 1. The van der Waals surface area contributed by atoms with Crippen LogP contribution in [0.15, 0.2) is 36.4 Å². The van der Waals surface area contributed by atoms with Gasteiger partial charge in [-0.25, -0.2) is 0 Å². The Balaban J connectivity index is 1.30. The number of rotatable bonds is 3. The maximum atomic E-state index is 12.8. The molecule has 7 heteroatoms. The first-order chi connectivity index (χ1) is 14.5. The van der Waals surface area contributed by atoms with E-state index >= 15 is 0 Å². The molecular formula is C23H24N4O3. The van der Waals surface area contributed by atoms with Crippen LogP contribution >= 0.6 is 0 Å². The molecule has 154 valence electrons. The third-order valence-electron chi connectivity index (χ3n) is 6.38. The first-order valence-corrected chi connectivity index (χ1v) is 10.3. The monoisotopic (exact) mass is 404 g/mol. The highest BCUT2D eigenvalue weighted by molar-refractivity contribution is 6.05. The summed E-state index contributed by atoms with van der Waals surface area (Å²) in [5, 5.41) is 2.34. The second kappa shape index (κ2) is 7.25. The highest BCUT2D eigenvalue weighted by Gasteiger charge is 2.39. The Bertz CT molecular complexity index is 1060. The van der Waals surface area contributed by atoms with Crippen LogP contribution in [0.4, 0.5) is 5.69 Å². The van der Waals surface area contributed by atoms with E-state index in [1.165, 1.54) is 11.1 Å². The molecule has 7 nitrogen and oxygen atoms in total. The average molecular weight is 404 g/mol. The number of benzene rings is 2. The predicted octanol–water partition coefficient (Wildman–Crippen LogP) is 1.59. The summed E-state index contributed by atoms with van der Waals surface area (Å²) in [6, 6.07) is 11.5. The summed E-state index contributed by atoms with van der Waals surface area (Å²) in [5.41, 5.74) is 12.3. The Morgan fingerprint density at radius 3 is 2.73 bits per heavy atom. The number of nitrogens with two attached hydrogens (primary N) is 1. The van der Waals surface area contributed by atoms with Crippen molar-refractivity contribution in [3.05, 3.63) is 64.2 Å². The predicted molar refractivity (Wildman–Crippen MR) is 111 cm³/mol. The number of piperidine rings is 1. The lowest BCUT2D eigenvalue weighted by Gasteiger charge is -2.29. The zero-order valence-corrected chi connectivity index (χ0v) is 16.7. The zero-order chi connectivity index (χ0) is 20.8. The molecule has 1 unspecified atom stereocenters. The second-order valence-electron chi connectivity index (χ2n) is 8.34. The molecule has 3 N–H and O–H groups in total. The van der Waals surface area contributed by atoms with Gasteiger partial charge in [-0.05, 0) is 47.2 Å². The topological polar surface area (TPSA) is 95.7 Å². The smallest absolute Gasteiger partial charge is 0.255 e. The first kappa shape index (κ1) is 18.8. The summed E-state index contributed by atoms with van der Waals surface area (Å²) < 4.78 is 0. The highest BCUT2D eigenvalue weighted by Crippen LogP contribution is 2.30. The molecule has 1 fully saturated rings. The van der Waals surface area contributed by atoms with Gasteiger partial charge in [0.1, 0.15) is 6.04 Å². The molecule has 0 bridgehead atoms. The minimum absolute atomic E-state index is 0.131. The van der Waals surface area contributed by atoms with Gasteiger partial charge in [0, 0.05) is 43.9 Å². The van der Waals surface area contributed by atoms with E-state index in [1.807, 2.05) is 24.3 Å². The third kappa shape index (κ3) is 3.25.